The van der Waals surface area contributed by atoms with E-state index in [-0.39, 0.29) is 25.1 Å². The van der Waals surface area contributed by atoms with Crippen molar-refractivity contribution in [2.75, 3.05) is 37.9 Å². The normalized spacial score (nSPS) is 13.7. The summed E-state index contributed by atoms with van der Waals surface area (Å²) in [6.07, 6.45) is 6.54. The Morgan fingerprint density at radius 2 is 1.73 bits per heavy atom. The van der Waals surface area contributed by atoms with Crippen LogP contribution in [0.2, 0.25) is 0 Å². The molecule has 0 atom stereocenters. The zero-order chi connectivity index (χ0) is 34.2. The number of benzene rings is 3. The first-order valence-electron chi connectivity index (χ1n) is 15.5. The van der Waals surface area contributed by atoms with Gasteiger partial charge in [-0.2, -0.15) is 9.97 Å². The van der Waals surface area contributed by atoms with Crippen LogP contribution in [0.5, 0.6) is 5.88 Å². The number of aliphatic imine (C=N–C) groups is 1. The quantitative estimate of drug-likeness (QED) is 0.160. The van der Waals surface area contributed by atoms with Gasteiger partial charge in [-0.15, -0.1) is 0 Å². The number of amides is 2. The van der Waals surface area contributed by atoms with Crippen LogP contribution < -0.4 is 20.7 Å². The molecule has 2 aromatic heterocycles. The first-order valence-corrected chi connectivity index (χ1v) is 15.5. The van der Waals surface area contributed by atoms with E-state index in [9.17, 15) is 9.59 Å². The van der Waals surface area contributed by atoms with Crippen LogP contribution in [0.25, 0.3) is 23.3 Å². The number of ether oxygens (including phenoxy) is 2. The molecule has 0 saturated heterocycles. The zero-order valence-electron chi connectivity index (χ0n) is 27.0. The molecular formula is C36H35N9O4. The fraction of sp³-hybridized carbons (Fsp3) is 0.167. The number of rotatable bonds is 12. The number of carbonyl (C=O) groups is 2. The molecule has 0 bridgehead atoms. The molecular weight excluding hydrogens is 622 g/mol. The Bertz CT molecular complexity index is 2020. The highest BCUT2D eigenvalue weighted by Gasteiger charge is 2.25. The number of H-pyrrole nitrogens is 1. The van der Waals surface area contributed by atoms with E-state index in [4.69, 9.17) is 15.2 Å². The van der Waals surface area contributed by atoms with Gasteiger partial charge in [0, 0.05) is 26.3 Å². The predicted molar refractivity (Wildman–Crippen MR) is 188 cm³/mol. The van der Waals surface area contributed by atoms with E-state index >= 15 is 0 Å². The predicted octanol–water partition coefficient (Wildman–Crippen LogP) is 4.80. The lowest BCUT2D eigenvalue weighted by Crippen LogP contribution is -2.28. The van der Waals surface area contributed by atoms with Crippen LogP contribution in [0.3, 0.4) is 0 Å². The fourth-order valence-corrected chi connectivity index (χ4v) is 4.94. The molecule has 6 rings (SSSR count). The number of likely N-dealkylation sites (N-methyl/N-ethyl adjacent to an activating group) is 2. The van der Waals surface area contributed by atoms with Crippen LogP contribution in [-0.2, 0) is 22.7 Å². The lowest BCUT2D eigenvalue weighted by molar-refractivity contribution is -0.121. The first-order chi connectivity index (χ1) is 23.8. The second-order valence-corrected chi connectivity index (χ2v) is 11.2. The van der Waals surface area contributed by atoms with Crippen LogP contribution >= 0.6 is 0 Å². The summed E-state index contributed by atoms with van der Waals surface area (Å²) in [5.41, 5.74) is 11.8. The largest absolute Gasteiger partial charge is 0.471 e. The van der Waals surface area contributed by atoms with Crippen molar-refractivity contribution >= 4 is 52.8 Å². The van der Waals surface area contributed by atoms with Crippen LogP contribution in [-0.4, -0.2) is 69.9 Å². The van der Waals surface area contributed by atoms with Crippen molar-refractivity contribution in [3.63, 3.8) is 0 Å². The number of hydrogen-bond acceptors (Lipinski definition) is 10. The van der Waals surface area contributed by atoms with Crippen molar-refractivity contribution in [1.29, 1.82) is 0 Å². The molecule has 248 valence electrons. The van der Waals surface area contributed by atoms with Crippen LogP contribution in [0.4, 0.5) is 16.4 Å². The Balaban J connectivity index is 0.926. The van der Waals surface area contributed by atoms with Gasteiger partial charge in [0.1, 0.15) is 24.7 Å². The van der Waals surface area contributed by atoms with E-state index in [1.165, 1.54) is 11.2 Å². The second-order valence-electron chi connectivity index (χ2n) is 11.2. The number of nitrogens with one attached hydrogen (secondary N) is 2. The van der Waals surface area contributed by atoms with Crippen molar-refractivity contribution in [1.82, 2.24) is 30.2 Å². The van der Waals surface area contributed by atoms with E-state index in [1.807, 2.05) is 103 Å². The molecule has 3 heterocycles. The van der Waals surface area contributed by atoms with Crippen LogP contribution in [0.1, 0.15) is 22.3 Å². The smallest absolute Gasteiger partial charge is 0.407 e. The van der Waals surface area contributed by atoms with Crippen LogP contribution in [0, 0.1) is 0 Å². The van der Waals surface area contributed by atoms with Gasteiger partial charge < -0.3 is 30.4 Å². The Hall–Kier alpha value is -6.50. The highest BCUT2D eigenvalue weighted by atomic mass is 16.5. The third kappa shape index (κ3) is 8.27. The number of nitrogen functional groups attached to an aromatic ring is 1. The monoisotopic (exact) mass is 657 g/mol. The average molecular weight is 658 g/mol. The summed E-state index contributed by atoms with van der Waals surface area (Å²) >= 11 is 0. The lowest BCUT2D eigenvalue weighted by Gasteiger charge is -2.19. The molecule has 1 aliphatic rings. The topological polar surface area (TPSA) is 164 Å². The maximum Gasteiger partial charge on any atom is 0.407 e. The van der Waals surface area contributed by atoms with Crippen molar-refractivity contribution in [3.05, 3.63) is 119 Å². The molecule has 2 amide bonds. The minimum Gasteiger partial charge on any atom is -0.471 e. The fourth-order valence-electron chi connectivity index (χ4n) is 4.94. The Kier molecular flexibility index (Phi) is 9.89. The Morgan fingerprint density at radius 3 is 2.51 bits per heavy atom. The van der Waals surface area contributed by atoms with Gasteiger partial charge in [0.2, 0.25) is 11.8 Å². The third-order valence-corrected chi connectivity index (χ3v) is 7.72. The van der Waals surface area contributed by atoms with E-state index in [0.29, 0.717) is 41.7 Å². The summed E-state index contributed by atoms with van der Waals surface area (Å²) in [6.45, 7) is 1.28. The third-order valence-electron chi connectivity index (χ3n) is 7.72. The molecule has 13 heteroatoms. The van der Waals surface area contributed by atoms with E-state index in [1.54, 1.807) is 13.1 Å². The van der Waals surface area contributed by atoms with E-state index in [2.05, 4.69) is 30.2 Å². The number of fused-ring (bicyclic) bond motifs is 1. The summed E-state index contributed by atoms with van der Waals surface area (Å²) in [6, 6.07) is 25.2. The van der Waals surface area contributed by atoms with Gasteiger partial charge in [-0.25, -0.2) is 14.8 Å². The molecule has 13 nitrogen and oxygen atoms in total. The Labute approximate surface area is 282 Å². The summed E-state index contributed by atoms with van der Waals surface area (Å²) in [5, 5.41) is 2.78. The van der Waals surface area contributed by atoms with Crippen molar-refractivity contribution < 1.29 is 19.1 Å². The number of nitrogens with two attached hydrogens (primary N) is 1. The molecule has 1 aliphatic heterocycles. The summed E-state index contributed by atoms with van der Waals surface area (Å²) in [5.74, 6) is 0.829. The number of alkyl carbamates (subject to hydrolysis) is 1. The molecule has 5 aromatic rings. The van der Waals surface area contributed by atoms with Gasteiger partial charge in [0.25, 0.3) is 5.91 Å². The van der Waals surface area contributed by atoms with Crippen molar-refractivity contribution in [2.24, 2.45) is 4.99 Å². The Morgan fingerprint density at radius 1 is 0.980 bits per heavy atom. The highest BCUT2D eigenvalue weighted by molar-refractivity contribution is 6.18. The minimum atomic E-state index is -0.503. The number of aromatic nitrogens is 4. The SMILES string of the molecule is CN1C(=O)/C(=C/c2ccc(N(C)CCOC(=O)NCc3ccc(COc4nc(N)nc5[nH]cnc45)cc3)cc2)N=C1/C=C/c1ccccc1. The van der Waals surface area contributed by atoms with Gasteiger partial charge in [-0.3, -0.25) is 9.69 Å². The zero-order valence-corrected chi connectivity index (χ0v) is 27.0. The standard InChI is InChI=1S/C36H35N9O4/c1-44(28-15-12-25(13-16-28)20-29-34(46)45(2)30(41-29)17-14-24-6-4-3-5-7-24)18-19-48-36(47)38-21-26-8-10-27(11-9-26)22-49-33-31-32(40-23-39-31)42-35(37)43-33/h3-17,20,23H,18-19,21-22H2,1-2H3,(H,38,47)(H3,37,39,40,42,43)/b17-14+,29-20-. The van der Waals surface area contributed by atoms with Gasteiger partial charge in [0.15, 0.2) is 11.2 Å². The number of anilines is 2. The van der Waals surface area contributed by atoms with Gasteiger partial charge in [-0.05, 0) is 46.5 Å². The van der Waals surface area contributed by atoms with E-state index < -0.39 is 6.09 Å². The summed E-state index contributed by atoms with van der Waals surface area (Å²) in [4.78, 5) is 48.4. The van der Waals surface area contributed by atoms with Crippen molar-refractivity contribution in [2.45, 2.75) is 13.2 Å². The van der Waals surface area contributed by atoms with E-state index in [0.717, 1.165) is 27.9 Å². The molecule has 0 unspecified atom stereocenters. The summed E-state index contributed by atoms with van der Waals surface area (Å²) < 4.78 is 11.2. The maximum atomic E-state index is 12.8. The van der Waals surface area contributed by atoms with Gasteiger partial charge in [-0.1, -0.05) is 72.8 Å². The molecule has 0 saturated carbocycles. The maximum absolute atomic E-state index is 12.8. The number of nitrogens with zero attached hydrogens (tertiary/aromatic N) is 6. The molecule has 0 fully saturated rings. The first kappa shape index (κ1) is 32.4. The molecule has 0 spiro atoms. The van der Waals surface area contributed by atoms with Crippen LogP contribution in [0.15, 0.2) is 102 Å². The molecule has 0 aliphatic carbocycles. The summed E-state index contributed by atoms with van der Waals surface area (Å²) in [7, 11) is 3.63. The number of hydrogen-bond donors (Lipinski definition) is 3. The number of imidazole rings is 1. The van der Waals surface area contributed by atoms with Gasteiger partial charge in [0.05, 0.1) is 12.9 Å². The molecule has 3 aromatic carbocycles. The average Bonchev–Trinajstić information content (AvgIpc) is 3.70. The minimum absolute atomic E-state index is 0.0969. The number of carbonyl (C=O) groups excluding carboxylic acids is 2. The highest BCUT2D eigenvalue weighted by Crippen LogP contribution is 2.22. The number of aromatic amines is 1. The molecule has 0 radical (unpaired) electrons. The molecule has 4 N–H and O–H groups in total. The number of amidine groups is 1. The van der Waals surface area contributed by atoms with Crippen molar-refractivity contribution in [3.8, 4) is 5.88 Å². The van der Waals surface area contributed by atoms with Gasteiger partial charge >= 0.3 is 6.09 Å². The lowest BCUT2D eigenvalue weighted by atomic mass is 10.1. The second kappa shape index (κ2) is 14.9. The molecule has 49 heavy (non-hydrogen) atoms.